The Balaban J connectivity index is 1.47. The summed E-state index contributed by atoms with van der Waals surface area (Å²) in [6, 6.07) is 17.7. The lowest BCUT2D eigenvalue weighted by atomic mass is 10.0. The molecule has 7 nitrogen and oxygen atoms in total. The van der Waals surface area contributed by atoms with Crippen molar-refractivity contribution < 1.29 is 13.2 Å². The minimum Gasteiger partial charge on any atom is -0.492 e. The number of aryl methyl sites for hydroxylation is 1. The molecule has 0 atom stereocenters. The van der Waals surface area contributed by atoms with Gasteiger partial charge in [0.25, 0.3) is 0 Å². The van der Waals surface area contributed by atoms with Crippen molar-refractivity contribution in [2.75, 3.05) is 37.7 Å². The molecule has 0 amide bonds. The summed E-state index contributed by atoms with van der Waals surface area (Å²) < 4.78 is 34.3. The molecule has 0 spiro atoms. The number of sulfonamides is 1. The van der Waals surface area contributed by atoms with Crippen LogP contribution in [-0.2, 0) is 16.4 Å². The highest BCUT2D eigenvalue weighted by Crippen LogP contribution is 2.31. The van der Waals surface area contributed by atoms with E-state index in [2.05, 4.69) is 60.1 Å². The SMILES string of the molecule is CCOc1ccc(C(C)C)cc1S(=O)(=O)N1CCN(c2ccc(-c3ccc(CC)cc3)nn2)CC1. The topological polar surface area (TPSA) is 75.6 Å². The molecular formula is C27H34N4O3S. The van der Waals surface area contributed by atoms with Crippen LogP contribution in [0, 0.1) is 0 Å². The molecule has 0 aliphatic carbocycles. The van der Waals surface area contributed by atoms with Crippen molar-refractivity contribution in [2.24, 2.45) is 0 Å². The number of nitrogens with zero attached hydrogens (tertiary/aromatic N) is 4. The molecule has 2 aromatic carbocycles. The summed E-state index contributed by atoms with van der Waals surface area (Å²) in [5.74, 6) is 1.39. The molecule has 4 rings (SSSR count). The van der Waals surface area contributed by atoms with Gasteiger partial charge in [-0.2, -0.15) is 4.31 Å². The molecule has 1 fully saturated rings. The van der Waals surface area contributed by atoms with Crippen molar-refractivity contribution in [3.63, 3.8) is 0 Å². The lowest BCUT2D eigenvalue weighted by Crippen LogP contribution is -2.49. The molecule has 1 aliphatic heterocycles. The number of piperazine rings is 1. The van der Waals surface area contributed by atoms with E-state index in [1.807, 2.05) is 25.1 Å². The second-order valence-electron chi connectivity index (χ2n) is 9.01. The molecule has 186 valence electrons. The zero-order chi connectivity index (χ0) is 25.0. The fourth-order valence-electron chi connectivity index (χ4n) is 4.22. The summed E-state index contributed by atoms with van der Waals surface area (Å²) in [6.45, 7) is 10.4. The van der Waals surface area contributed by atoms with Crippen LogP contribution in [0.1, 0.15) is 44.7 Å². The van der Waals surface area contributed by atoms with Crippen molar-refractivity contribution in [1.29, 1.82) is 0 Å². The molecule has 3 aromatic rings. The highest BCUT2D eigenvalue weighted by atomic mass is 32.2. The second-order valence-corrected chi connectivity index (χ2v) is 10.9. The van der Waals surface area contributed by atoms with Crippen molar-refractivity contribution in [1.82, 2.24) is 14.5 Å². The molecule has 1 aromatic heterocycles. The van der Waals surface area contributed by atoms with Crippen LogP contribution in [0.3, 0.4) is 0 Å². The average molecular weight is 495 g/mol. The average Bonchev–Trinajstić information content (AvgIpc) is 2.89. The molecule has 0 unspecified atom stereocenters. The predicted molar refractivity (Wildman–Crippen MR) is 140 cm³/mol. The number of hydrogen-bond acceptors (Lipinski definition) is 6. The lowest BCUT2D eigenvalue weighted by molar-refractivity contribution is 0.327. The molecule has 1 aliphatic rings. The van der Waals surface area contributed by atoms with Gasteiger partial charge in [-0.1, -0.05) is 51.1 Å². The number of anilines is 1. The number of aromatic nitrogens is 2. The summed E-state index contributed by atoms with van der Waals surface area (Å²) in [5, 5.41) is 8.84. The van der Waals surface area contributed by atoms with Crippen molar-refractivity contribution in [3.8, 4) is 17.0 Å². The van der Waals surface area contributed by atoms with Gasteiger partial charge in [0.1, 0.15) is 10.6 Å². The van der Waals surface area contributed by atoms with Gasteiger partial charge in [-0.25, -0.2) is 8.42 Å². The van der Waals surface area contributed by atoms with E-state index in [1.165, 1.54) is 5.56 Å². The normalized spacial score (nSPS) is 14.9. The van der Waals surface area contributed by atoms with Crippen LogP contribution >= 0.6 is 0 Å². The van der Waals surface area contributed by atoms with Crippen LogP contribution in [-0.4, -0.2) is 55.7 Å². The lowest BCUT2D eigenvalue weighted by Gasteiger charge is -2.34. The maximum Gasteiger partial charge on any atom is 0.246 e. The third-order valence-electron chi connectivity index (χ3n) is 6.42. The fraction of sp³-hybridized carbons (Fsp3) is 0.407. The van der Waals surface area contributed by atoms with E-state index in [0.717, 1.165) is 29.1 Å². The Hall–Kier alpha value is -2.97. The van der Waals surface area contributed by atoms with Gasteiger partial charge in [-0.15, -0.1) is 10.2 Å². The van der Waals surface area contributed by atoms with Gasteiger partial charge in [0.2, 0.25) is 10.0 Å². The Bertz CT molecular complexity index is 1230. The summed E-state index contributed by atoms with van der Waals surface area (Å²) in [4.78, 5) is 2.33. The largest absolute Gasteiger partial charge is 0.492 e. The van der Waals surface area contributed by atoms with Gasteiger partial charge >= 0.3 is 0 Å². The van der Waals surface area contributed by atoms with Gasteiger partial charge < -0.3 is 9.64 Å². The van der Waals surface area contributed by atoms with Gasteiger partial charge in [0.05, 0.1) is 12.3 Å². The molecule has 1 saturated heterocycles. The monoisotopic (exact) mass is 494 g/mol. The van der Waals surface area contributed by atoms with E-state index in [1.54, 1.807) is 16.4 Å². The van der Waals surface area contributed by atoms with Crippen LogP contribution in [0.5, 0.6) is 5.75 Å². The summed E-state index contributed by atoms with van der Waals surface area (Å²) in [5.41, 5.74) is 4.12. The van der Waals surface area contributed by atoms with E-state index in [0.29, 0.717) is 38.5 Å². The maximum absolute atomic E-state index is 13.5. The van der Waals surface area contributed by atoms with Crippen molar-refractivity contribution in [2.45, 2.75) is 44.9 Å². The Morgan fingerprint density at radius 3 is 2.20 bits per heavy atom. The first kappa shape index (κ1) is 25.1. The number of rotatable bonds is 8. The van der Waals surface area contributed by atoms with E-state index in [-0.39, 0.29) is 10.8 Å². The summed E-state index contributed by atoms with van der Waals surface area (Å²) in [7, 11) is -3.68. The van der Waals surface area contributed by atoms with Crippen LogP contribution in [0.4, 0.5) is 5.82 Å². The number of hydrogen-bond donors (Lipinski definition) is 0. The smallest absolute Gasteiger partial charge is 0.246 e. The fourth-order valence-corrected chi connectivity index (χ4v) is 5.80. The Kier molecular flexibility index (Phi) is 7.72. The van der Waals surface area contributed by atoms with Gasteiger partial charge in [-0.05, 0) is 54.7 Å². The molecule has 0 bridgehead atoms. The van der Waals surface area contributed by atoms with Crippen molar-refractivity contribution >= 4 is 15.8 Å². The van der Waals surface area contributed by atoms with E-state index < -0.39 is 10.0 Å². The second kappa shape index (κ2) is 10.7. The highest BCUT2D eigenvalue weighted by molar-refractivity contribution is 7.89. The Morgan fingerprint density at radius 1 is 0.914 bits per heavy atom. The van der Waals surface area contributed by atoms with Crippen LogP contribution < -0.4 is 9.64 Å². The van der Waals surface area contributed by atoms with Crippen LogP contribution in [0.25, 0.3) is 11.3 Å². The molecule has 0 radical (unpaired) electrons. The minimum absolute atomic E-state index is 0.225. The van der Waals surface area contributed by atoms with E-state index in [9.17, 15) is 8.42 Å². The Morgan fingerprint density at radius 2 is 1.63 bits per heavy atom. The Labute approximate surface area is 208 Å². The van der Waals surface area contributed by atoms with E-state index >= 15 is 0 Å². The van der Waals surface area contributed by atoms with Gasteiger partial charge in [0, 0.05) is 31.7 Å². The first-order chi connectivity index (χ1) is 16.8. The molecule has 35 heavy (non-hydrogen) atoms. The molecular weight excluding hydrogens is 460 g/mol. The molecule has 0 N–H and O–H groups in total. The first-order valence-corrected chi connectivity index (χ1v) is 13.7. The summed E-state index contributed by atoms with van der Waals surface area (Å²) in [6.07, 6.45) is 1.00. The van der Waals surface area contributed by atoms with Gasteiger partial charge in [-0.3, -0.25) is 0 Å². The third-order valence-corrected chi connectivity index (χ3v) is 8.34. The van der Waals surface area contributed by atoms with Crippen molar-refractivity contribution in [3.05, 3.63) is 65.7 Å². The minimum atomic E-state index is -3.68. The quantitative estimate of drug-likeness (QED) is 0.450. The molecule has 0 saturated carbocycles. The number of benzene rings is 2. The zero-order valence-corrected chi connectivity index (χ0v) is 21.8. The number of ether oxygens (including phenoxy) is 1. The highest BCUT2D eigenvalue weighted by Gasteiger charge is 2.32. The van der Waals surface area contributed by atoms with Crippen LogP contribution in [0.15, 0.2) is 59.5 Å². The summed E-state index contributed by atoms with van der Waals surface area (Å²) >= 11 is 0. The predicted octanol–water partition coefficient (Wildman–Crippen LogP) is 4.74. The van der Waals surface area contributed by atoms with E-state index in [4.69, 9.17) is 4.74 Å². The first-order valence-electron chi connectivity index (χ1n) is 12.3. The third kappa shape index (κ3) is 5.49. The zero-order valence-electron chi connectivity index (χ0n) is 20.9. The molecule has 8 heteroatoms. The maximum atomic E-state index is 13.5. The van der Waals surface area contributed by atoms with Gasteiger partial charge in [0.15, 0.2) is 5.82 Å². The standard InChI is InChI=1S/C27H34N4O3S/c1-5-21-7-9-22(10-8-21)24-12-14-27(29-28-24)30-15-17-31(18-16-30)35(32,33)26-19-23(20(3)4)11-13-25(26)34-6-2/h7-14,19-20H,5-6,15-18H2,1-4H3. The molecule has 2 heterocycles. The van der Waals surface area contributed by atoms with Crippen LogP contribution in [0.2, 0.25) is 0 Å².